The lowest BCUT2D eigenvalue weighted by Gasteiger charge is -2.09. The quantitative estimate of drug-likeness (QED) is 0.678. The van der Waals surface area contributed by atoms with Crippen LogP contribution in [0.15, 0.2) is 24.3 Å². The second kappa shape index (κ2) is 5.52. The van der Waals surface area contributed by atoms with Crippen molar-refractivity contribution in [1.29, 1.82) is 0 Å². The van der Waals surface area contributed by atoms with Crippen molar-refractivity contribution in [3.05, 3.63) is 45.8 Å². The average Bonchev–Trinajstić information content (AvgIpc) is 2.40. The lowest BCUT2D eigenvalue weighted by molar-refractivity contribution is -0.384. The van der Waals surface area contributed by atoms with Gasteiger partial charge in [-0.05, 0) is 25.5 Å². The summed E-state index contributed by atoms with van der Waals surface area (Å²) < 4.78 is 5.57. The molecule has 2 rings (SSSR count). The normalized spacial score (nSPS) is 10.3. The Morgan fingerprint density at radius 1 is 1.35 bits per heavy atom. The third-order valence-corrected chi connectivity index (χ3v) is 2.64. The number of hydrogen-bond donors (Lipinski definition) is 1. The maximum absolute atomic E-state index is 10.8. The number of aryl methyl sites for hydroxylation is 2. The second-order valence-corrected chi connectivity index (χ2v) is 4.20. The molecule has 7 heteroatoms. The van der Waals surface area contributed by atoms with Crippen LogP contribution in [0, 0.1) is 17.0 Å². The van der Waals surface area contributed by atoms with Gasteiger partial charge < -0.3 is 10.5 Å². The molecule has 104 valence electrons. The number of hydrogen-bond acceptors (Lipinski definition) is 6. The highest BCUT2D eigenvalue weighted by Gasteiger charge is 2.13. The maximum Gasteiger partial charge on any atom is 0.278 e. The van der Waals surface area contributed by atoms with Gasteiger partial charge in [-0.3, -0.25) is 15.1 Å². The van der Waals surface area contributed by atoms with Gasteiger partial charge in [0, 0.05) is 5.69 Å². The number of rotatable bonds is 4. The summed E-state index contributed by atoms with van der Waals surface area (Å²) in [5.74, 6) is 0.634. The molecule has 0 saturated heterocycles. The molecule has 0 saturated carbocycles. The Morgan fingerprint density at radius 3 is 2.75 bits per heavy atom. The molecule has 0 spiro atoms. The van der Waals surface area contributed by atoms with E-state index in [-0.39, 0.29) is 17.4 Å². The van der Waals surface area contributed by atoms with E-state index < -0.39 is 4.92 Å². The number of pyridine rings is 2. The molecule has 7 nitrogen and oxygen atoms in total. The van der Waals surface area contributed by atoms with Gasteiger partial charge in [0.25, 0.3) is 5.69 Å². The zero-order valence-corrected chi connectivity index (χ0v) is 11.2. The van der Waals surface area contributed by atoms with E-state index in [0.717, 1.165) is 11.4 Å². The van der Waals surface area contributed by atoms with Crippen LogP contribution in [0.25, 0.3) is 0 Å². The summed E-state index contributed by atoms with van der Waals surface area (Å²) in [7, 11) is 0. The van der Waals surface area contributed by atoms with Gasteiger partial charge in [0.05, 0.1) is 22.7 Å². The van der Waals surface area contributed by atoms with Crippen molar-refractivity contribution < 1.29 is 9.66 Å². The summed E-state index contributed by atoms with van der Waals surface area (Å²) in [5, 5.41) is 10.8. The van der Waals surface area contributed by atoms with Crippen molar-refractivity contribution in [3.8, 4) is 11.6 Å². The third-order valence-electron chi connectivity index (χ3n) is 2.64. The number of nitrogens with two attached hydrogens (primary N) is 1. The van der Waals surface area contributed by atoms with Crippen molar-refractivity contribution in [2.24, 2.45) is 0 Å². The summed E-state index contributed by atoms with van der Waals surface area (Å²) >= 11 is 0. The molecule has 0 aliphatic rings. The summed E-state index contributed by atoms with van der Waals surface area (Å²) in [4.78, 5) is 18.5. The first-order valence-corrected chi connectivity index (χ1v) is 6.06. The van der Waals surface area contributed by atoms with Crippen LogP contribution in [-0.4, -0.2) is 14.9 Å². The molecule has 2 aromatic heterocycles. The van der Waals surface area contributed by atoms with Gasteiger partial charge in [0.15, 0.2) is 5.75 Å². The number of nitrogens with zero attached hydrogens (tertiary/aromatic N) is 3. The van der Waals surface area contributed by atoms with Gasteiger partial charge in [-0.15, -0.1) is 0 Å². The molecule has 0 aromatic carbocycles. The van der Waals surface area contributed by atoms with Crippen molar-refractivity contribution in [1.82, 2.24) is 9.97 Å². The molecule has 20 heavy (non-hydrogen) atoms. The largest absolute Gasteiger partial charge is 0.437 e. The summed E-state index contributed by atoms with van der Waals surface area (Å²) in [6.45, 7) is 3.83. The Balaban J connectivity index is 2.37. The van der Waals surface area contributed by atoms with E-state index in [1.165, 1.54) is 12.1 Å². The number of nitrogen functional groups attached to an aromatic ring is 1. The monoisotopic (exact) mass is 274 g/mol. The Kier molecular flexibility index (Phi) is 3.79. The molecule has 0 aliphatic heterocycles. The predicted octanol–water partition coefficient (Wildman–Crippen LogP) is 2.63. The second-order valence-electron chi connectivity index (χ2n) is 4.20. The summed E-state index contributed by atoms with van der Waals surface area (Å²) in [5.41, 5.74) is 7.01. The van der Waals surface area contributed by atoms with Crippen LogP contribution >= 0.6 is 0 Å². The van der Waals surface area contributed by atoms with Crippen molar-refractivity contribution in [2.75, 3.05) is 5.73 Å². The van der Waals surface area contributed by atoms with Crippen LogP contribution in [-0.2, 0) is 6.42 Å². The first-order chi connectivity index (χ1) is 9.49. The summed E-state index contributed by atoms with van der Waals surface area (Å²) in [6.07, 6.45) is 0.682. The smallest absolute Gasteiger partial charge is 0.278 e. The molecule has 0 amide bonds. The van der Waals surface area contributed by atoms with E-state index in [4.69, 9.17) is 10.5 Å². The highest BCUT2D eigenvalue weighted by atomic mass is 16.6. The van der Waals surface area contributed by atoms with Gasteiger partial charge in [-0.25, -0.2) is 0 Å². The van der Waals surface area contributed by atoms with Crippen molar-refractivity contribution >= 4 is 11.5 Å². The van der Waals surface area contributed by atoms with Crippen LogP contribution in [0.4, 0.5) is 11.5 Å². The molecule has 0 bridgehead atoms. The highest BCUT2D eigenvalue weighted by molar-refractivity contribution is 5.46. The Hall–Kier alpha value is -2.70. The molecule has 2 heterocycles. The van der Waals surface area contributed by atoms with Gasteiger partial charge in [0.2, 0.25) is 5.88 Å². The zero-order valence-electron chi connectivity index (χ0n) is 11.2. The van der Waals surface area contributed by atoms with Gasteiger partial charge in [-0.1, -0.05) is 6.92 Å². The number of anilines is 1. The Bertz CT molecular complexity index is 658. The fourth-order valence-corrected chi connectivity index (χ4v) is 1.73. The van der Waals surface area contributed by atoms with E-state index in [2.05, 4.69) is 9.97 Å². The van der Waals surface area contributed by atoms with E-state index in [1.807, 2.05) is 13.8 Å². The molecule has 2 aromatic rings. The maximum atomic E-state index is 10.8. The summed E-state index contributed by atoms with van der Waals surface area (Å²) in [6, 6.07) is 5.98. The first kappa shape index (κ1) is 13.7. The average molecular weight is 274 g/mol. The lowest BCUT2D eigenvalue weighted by atomic mass is 10.2. The SMILES string of the molecule is CCc1nc(C)ccc1Oc1cc([N+](=O)[O-])cc(N)n1. The number of ether oxygens (including phenoxy) is 1. The van der Waals surface area contributed by atoms with Gasteiger partial charge in [-0.2, -0.15) is 4.98 Å². The topological polar surface area (TPSA) is 104 Å². The predicted molar refractivity (Wildman–Crippen MR) is 73.7 cm³/mol. The van der Waals surface area contributed by atoms with Gasteiger partial charge >= 0.3 is 0 Å². The molecule has 0 aliphatic carbocycles. The van der Waals surface area contributed by atoms with E-state index >= 15 is 0 Å². The van der Waals surface area contributed by atoms with Crippen LogP contribution < -0.4 is 10.5 Å². The van der Waals surface area contributed by atoms with Crippen molar-refractivity contribution in [3.63, 3.8) is 0 Å². The minimum Gasteiger partial charge on any atom is -0.437 e. The first-order valence-electron chi connectivity index (χ1n) is 6.06. The van der Waals surface area contributed by atoms with Crippen LogP contribution in [0.3, 0.4) is 0 Å². The molecule has 0 atom stereocenters. The molecule has 0 radical (unpaired) electrons. The Labute approximate surface area is 115 Å². The zero-order chi connectivity index (χ0) is 14.7. The number of nitro groups is 1. The standard InChI is InChI=1S/C13H14N4O3/c1-3-10-11(5-4-8(2)15-10)20-13-7-9(17(18)19)6-12(14)16-13/h4-7H,3H2,1-2H3,(H2,14,16). The molecular formula is C13H14N4O3. The van der Waals surface area contributed by atoms with Crippen LogP contribution in [0.5, 0.6) is 11.6 Å². The fraction of sp³-hybridized carbons (Fsp3) is 0.231. The minimum absolute atomic E-state index is 0.0346. The molecule has 0 unspecified atom stereocenters. The van der Waals surface area contributed by atoms with E-state index in [9.17, 15) is 10.1 Å². The highest BCUT2D eigenvalue weighted by Crippen LogP contribution is 2.27. The van der Waals surface area contributed by atoms with Gasteiger partial charge in [0.1, 0.15) is 5.82 Å². The van der Waals surface area contributed by atoms with Crippen molar-refractivity contribution in [2.45, 2.75) is 20.3 Å². The van der Waals surface area contributed by atoms with E-state index in [0.29, 0.717) is 12.2 Å². The minimum atomic E-state index is -0.543. The van der Waals surface area contributed by atoms with E-state index in [1.54, 1.807) is 12.1 Å². The molecule has 2 N–H and O–H groups in total. The van der Waals surface area contributed by atoms with Crippen LogP contribution in [0.2, 0.25) is 0 Å². The fourth-order valence-electron chi connectivity index (χ4n) is 1.73. The third kappa shape index (κ3) is 3.00. The molecule has 0 fully saturated rings. The Morgan fingerprint density at radius 2 is 2.10 bits per heavy atom. The lowest BCUT2D eigenvalue weighted by Crippen LogP contribution is -2.00. The number of aromatic nitrogens is 2. The van der Waals surface area contributed by atoms with Crippen LogP contribution in [0.1, 0.15) is 18.3 Å². The molecular weight excluding hydrogens is 260 g/mol.